The second kappa shape index (κ2) is 6.00. The van der Waals surface area contributed by atoms with E-state index in [2.05, 4.69) is 10.2 Å². The standard InChI is InChI=1S/C14H19N5O3/c1-9-11(7-15-18(9)4)8-17(3)13(20)12-5-6-19(16-12)10(2)14(21)22/h5-7,10H,8H2,1-4H3,(H,21,22). The van der Waals surface area contributed by atoms with Gasteiger partial charge in [0.25, 0.3) is 5.91 Å². The van der Waals surface area contributed by atoms with E-state index in [1.54, 1.807) is 17.9 Å². The second-order valence-corrected chi connectivity index (χ2v) is 5.24. The highest BCUT2D eigenvalue weighted by Crippen LogP contribution is 2.12. The van der Waals surface area contributed by atoms with E-state index in [1.165, 1.54) is 28.8 Å². The molecule has 0 spiro atoms. The minimum absolute atomic E-state index is 0.220. The van der Waals surface area contributed by atoms with Crippen LogP contribution in [0.25, 0.3) is 0 Å². The van der Waals surface area contributed by atoms with E-state index in [9.17, 15) is 9.59 Å². The lowest BCUT2D eigenvalue weighted by Gasteiger charge is -2.15. The third-order valence-corrected chi connectivity index (χ3v) is 3.67. The Hall–Kier alpha value is -2.64. The van der Waals surface area contributed by atoms with Crippen LogP contribution >= 0.6 is 0 Å². The normalized spacial score (nSPS) is 12.2. The number of aliphatic carboxylic acids is 1. The van der Waals surface area contributed by atoms with Crippen molar-refractivity contribution in [2.75, 3.05) is 7.05 Å². The molecule has 0 fully saturated rings. The Kier molecular flexibility index (Phi) is 4.30. The number of nitrogens with zero attached hydrogens (tertiary/aromatic N) is 5. The van der Waals surface area contributed by atoms with Crippen molar-refractivity contribution in [1.82, 2.24) is 24.5 Å². The number of hydrogen-bond acceptors (Lipinski definition) is 4. The van der Waals surface area contributed by atoms with E-state index in [0.717, 1.165) is 11.3 Å². The minimum atomic E-state index is -0.999. The van der Waals surface area contributed by atoms with Crippen LogP contribution in [0.3, 0.4) is 0 Å². The Bertz CT molecular complexity index is 703. The van der Waals surface area contributed by atoms with Crippen LogP contribution in [0.2, 0.25) is 0 Å². The maximum absolute atomic E-state index is 12.3. The van der Waals surface area contributed by atoms with Crippen LogP contribution in [0.4, 0.5) is 0 Å². The van der Waals surface area contributed by atoms with Crippen LogP contribution in [-0.2, 0) is 18.4 Å². The molecule has 0 radical (unpaired) electrons. The van der Waals surface area contributed by atoms with Crippen LogP contribution in [0.1, 0.15) is 34.7 Å². The van der Waals surface area contributed by atoms with Crippen molar-refractivity contribution in [2.45, 2.75) is 26.4 Å². The molecule has 22 heavy (non-hydrogen) atoms. The predicted molar refractivity (Wildman–Crippen MR) is 78.3 cm³/mol. The van der Waals surface area contributed by atoms with Gasteiger partial charge in [0.05, 0.1) is 6.20 Å². The average molecular weight is 305 g/mol. The van der Waals surface area contributed by atoms with Gasteiger partial charge in [0.2, 0.25) is 0 Å². The summed E-state index contributed by atoms with van der Waals surface area (Å²) in [6.45, 7) is 3.86. The van der Waals surface area contributed by atoms with Crippen LogP contribution in [-0.4, -0.2) is 48.5 Å². The van der Waals surface area contributed by atoms with Gasteiger partial charge in [0.1, 0.15) is 11.7 Å². The van der Waals surface area contributed by atoms with E-state index in [1.807, 2.05) is 14.0 Å². The van der Waals surface area contributed by atoms with E-state index >= 15 is 0 Å². The fourth-order valence-corrected chi connectivity index (χ4v) is 2.00. The molecule has 1 N–H and O–H groups in total. The SMILES string of the molecule is Cc1c(CN(C)C(=O)c2ccn(C(C)C(=O)O)n2)cnn1C. The van der Waals surface area contributed by atoms with Gasteiger partial charge in [-0.25, -0.2) is 4.79 Å². The van der Waals surface area contributed by atoms with Crippen molar-refractivity contribution >= 4 is 11.9 Å². The molecule has 8 nitrogen and oxygen atoms in total. The first kappa shape index (κ1) is 15.7. The molecular weight excluding hydrogens is 286 g/mol. The highest BCUT2D eigenvalue weighted by molar-refractivity contribution is 5.92. The van der Waals surface area contributed by atoms with Crippen molar-refractivity contribution in [3.05, 3.63) is 35.4 Å². The number of carboxylic acids is 1. The van der Waals surface area contributed by atoms with Gasteiger partial charge < -0.3 is 10.0 Å². The van der Waals surface area contributed by atoms with Crippen molar-refractivity contribution in [3.8, 4) is 0 Å². The quantitative estimate of drug-likeness (QED) is 0.883. The lowest BCUT2D eigenvalue weighted by Crippen LogP contribution is -2.27. The number of aromatic nitrogens is 4. The summed E-state index contributed by atoms with van der Waals surface area (Å²) in [5, 5.41) is 17.1. The monoisotopic (exact) mass is 305 g/mol. The van der Waals surface area contributed by atoms with Gasteiger partial charge >= 0.3 is 5.97 Å². The van der Waals surface area contributed by atoms with E-state index < -0.39 is 12.0 Å². The third kappa shape index (κ3) is 3.00. The Morgan fingerprint density at radius 1 is 1.45 bits per heavy atom. The molecule has 118 valence electrons. The topological polar surface area (TPSA) is 93.2 Å². The molecule has 0 bridgehead atoms. The number of amides is 1. The Morgan fingerprint density at radius 2 is 2.14 bits per heavy atom. The molecule has 1 unspecified atom stereocenters. The van der Waals surface area contributed by atoms with E-state index in [-0.39, 0.29) is 11.6 Å². The summed E-state index contributed by atoms with van der Waals surface area (Å²) in [5.74, 6) is -1.26. The highest BCUT2D eigenvalue weighted by Gasteiger charge is 2.20. The van der Waals surface area contributed by atoms with E-state index in [0.29, 0.717) is 6.54 Å². The Balaban J connectivity index is 2.11. The predicted octanol–water partition coefficient (Wildman–Crippen LogP) is 0.843. The summed E-state index contributed by atoms with van der Waals surface area (Å²) in [7, 11) is 3.52. The summed E-state index contributed by atoms with van der Waals surface area (Å²) in [6, 6.07) is 0.710. The molecular formula is C14H19N5O3. The molecule has 0 saturated heterocycles. The van der Waals surface area contributed by atoms with Gasteiger partial charge in [-0.2, -0.15) is 10.2 Å². The maximum atomic E-state index is 12.3. The first-order valence-corrected chi connectivity index (χ1v) is 6.82. The number of hydrogen-bond donors (Lipinski definition) is 1. The van der Waals surface area contributed by atoms with Gasteiger partial charge in [-0.15, -0.1) is 0 Å². The van der Waals surface area contributed by atoms with E-state index in [4.69, 9.17) is 5.11 Å². The zero-order chi connectivity index (χ0) is 16.4. The number of carboxylic acid groups (broad SMARTS) is 1. The number of carbonyl (C=O) groups excluding carboxylic acids is 1. The van der Waals surface area contributed by atoms with Crippen molar-refractivity contribution in [1.29, 1.82) is 0 Å². The molecule has 2 aromatic heterocycles. The average Bonchev–Trinajstić information content (AvgIpc) is 3.08. The number of carbonyl (C=O) groups is 2. The van der Waals surface area contributed by atoms with Gasteiger partial charge in [0.15, 0.2) is 0 Å². The molecule has 1 atom stereocenters. The van der Waals surface area contributed by atoms with Gasteiger partial charge in [-0.3, -0.25) is 14.2 Å². The largest absolute Gasteiger partial charge is 0.480 e. The zero-order valence-corrected chi connectivity index (χ0v) is 13.0. The molecule has 0 aliphatic heterocycles. The van der Waals surface area contributed by atoms with Crippen molar-refractivity contribution in [3.63, 3.8) is 0 Å². The second-order valence-electron chi connectivity index (χ2n) is 5.24. The molecule has 2 aromatic rings. The molecule has 8 heteroatoms. The molecule has 0 aliphatic carbocycles. The Labute approximate surface area is 127 Å². The van der Waals surface area contributed by atoms with Gasteiger partial charge in [-0.1, -0.05) is 0 Å². The Morgan fingerprint density at radius 3 is 2.68 bits per heavy atom. The fraction of sp³-hybridized carbons (Fsp3) is 0.429. The fourth-order valence-electron chi connectivity index (χ4n) is 2.00. The summed E-state index contributed by atoms with van der Waals surface area (Å²) >= 11 is 0. The molecule has 2 rings (SSSR count). The maximum Gasteiger partial charge on any atom is 0.328 e. The number of aryl methyl sites for hydroxylation is 1. The summed E-state index contributed by atoms with van der Waals surface area (Å²) in [6.07, 6.45) is 3.22. The number of rotatable bonds is 5. The third-order valence-electron chi connectivity index (χ3n) is 3.67. The first-order chi connectivity index (χ1) is 10.3. The minimum Gasteiger partial charge on any atom is -0.480 e. The molecule has 1 amide bonds. The van der Waals surface area contributed by atoms with Crippen LogP contribution in [0.5, 0.6) is 0 Å². The van der Waals surface area contributed by atoms with Crippen molar-refractivity contribution < 1.29 is 14.7 Å². The molecule has 0 aliphatic rings. The van der Waals surface area contributed by atoms with Crippen LogP contribution < -0.4 is 0 Å². The van der Waals surface area contributed by atoms with Gasteiger partial charge in [-0.05, 0) is 19.9 Å². The first-order valence-electron chi connectivity index (χ1n) is 6.82. The van der Waals surface area contributed by atoms with Gasteiger partial charge in [0, 0.05) is 38.1 Å². The smallest absolute Gasteiger partial charge is 0.328 e. The van der Waals surface area contributed by atoms with Crippen LogP contribution in [0, 0.1) is 6.92 Å². The molecule has 0 saturated carbocycles. The summed E-state index contributed by atoms with van der Waals surface area (Å²) in [5.41, 5.74) is 2.17. The highest BCUT2D eigenvalue weighted by atomic mass is 16.4. The lowest BCUT2D eigenvalue weighted by atomic mass is 10.2. The lowest BCUT2D eigenvalue weighted by molar-refractivity contribution is -0.140. The summed E-state index contributed by atoms with van der Waals surface area (Å²) < 4.78 is 3.01. The molecule has 2 heterocycles. The van der Waals surface area contributed by atoms with Crippen LogP contribution in [0.15, 0.2) is 18.5 Å². The zero-order valence-electron chi connectivity index (χ0n) is 13.0. The molecule has 0 aromatic carbocycles. The van der Waals surface area contributed by atoms with Crippen molar-refractivity contribution in [2.24, 2.45) is 7.05 Å². The summed E-state index contributed by atoms with van der Waals surface area (Å²) in [4.78, 5) is 24.8.